The van der Waals surface area contributed by atoms with Crippen LogP contribution in [0.3, 0.4) is 0 Å². The summed E-state index contributed by atoms with van der Waals surface area (Å²) in [5, 5.41) is 3.58. The Balaban J connectivity index is 2.63. The molecule has 2 aromatic heterocycles. The second-order valence-corrected chi connectivity index (χ2v) is 3.81. The van der Waals surface area contributed by atoms with Gasteiger partial charge in [0.15, 0.2) is 5.69 Å². The molecule has 8 heteroatoms. The molecular weight excluding hydrogens is 247 g/mol. The number of hydrogen-bond acceptors (Lipinski definition) is 4. The van der Waals surface area contributed by atoms with Crippen LogP contribution in [0.5, 0.6) is 0 Å². The van der Waals surface area contributed by atoms with Crippen molar-refractivity contribution in [1.29, 1.82) is 0 Å². The highest BCUT2D eigenvalue weighted by Crippen LogP contribution is 2.31. The second-order valence-electron chi connectivity index (χ2n) is 3.81. The van der Waals surface area contributed by atoms with Crippen molar-refractivity contribution in [3.8, 4) is 5.95 Å². The molecule has 0 aromatic carbocycles. The third-order valence-electron chi connectivity index (χ3n) is 2.18. The topological polar surface area (TPSA) is 69.6 Å². The predicted octanol–water partition coefficient (Wildman–Crippen LogP) is 1.88. The van der Waals surface area contributed by atoms with E-state index in [4.69, 9.17) is 5.73 Å². The number of nitrogen functional groups attached to an aromatic ring is 1. The fourth-order valence-corrected chi connectivity index (χ4v) is 1.56. The van der Waals surface area contributed by atoms with Crippen LogP contribution in [0, 0.1) is 13.8 Å². The molecule has 0 saturated carbocycles. The van der Waals surface area contributed by atoms with Gasteiger partial charge in [0, 0.05) is 17.5 Å². The molecule has 0 spiro atoms. The minimum atomic E-state index is -4.56. The van der Waals surface area contributed by atoms with Crippen LogP contribution in [0.25, 0.3) is 5.95 Å². The van der Waals surface area contributed by atoms with E-state index in [0.29, 0.717) is 16.1 Å². The van der Waals surface area contributed by atoms with E-state index in [1.54, 1.807) is 19.9 Å². The highest BCUT2D eigenvalue weighted by molar-refractivity contribution is 5.35. The summed E-state index contributed by atoms with van der Waals surface area (Å²) in [6, 6.07) is 2.41. The summed E-state index contributed by atoms with van der Waals surface area (Å²) in [5.74, 6) is -0.374. The molecule has 96 valence electrons. The number of nitrogens with two attached hydrogens (primary N) is 1. The van der Waals surface area contributed by atoms with Crippen LogP contribution in [0.2, 0.25) is 0 Å². The Hall–Kier alpha value is -2.12. The highest BCUT2D eigenvalue weighted by atomic mass is 19.4. The van der Waals surface area contributed by atoms with Gasteiger partial charge in [-0.1, -0.05) is 0 Å². The van der Waals surface area contributed by atoms with Crippen molar-refractivity contribution in [3.05, 3.63) is 29.2 Å². The molecule has 0 bridgehead atoms. The Bertz CT molecular complexity index is 567. The Morgan fingerprint density at radius 2 is 1.67 bits per heavy atom. The van der Waals surface area contributed by atoms with Gasteiger partial charge in [0.2, 0.25) is 0 Å². The normalized spacial score (nSPS) is 11.8. The highest BCUT2D eigenvalue weighted by Gasteiger charge is 2.36. The van der Waals surface area contributed by atoms with Gasteiger partial charge in [0.05, 0.1) is 0 Å². The molecule has 0 saturated heterocycles. The molecule has 0 radical (unpaired) electrons. The van der Waals surface area contributed by atoms with Crippen molar-refractivity contribution in [1.82, 2.24) is 19.7 Å². The molecule has 0 fully saturated rings. The molecule has 0 atom stereocenters. The zero-order valence-corrected chi connectivity index (χ0v) is 9.65. The largest absolute Gasteiger partial charge is 0.433 e. The van der Waals surface area contributed by atoms with Gasteiger partial charge in [0.25, 0.3) is 5.95 Å². The number of rotatable bonds is 1. The summed E-state index contributed by atoms with van der Waals surface area (Å²) < 4.78 is 38.9. The Morgan fingerprint density at radius 3 is 2.17 bits per heavy atom. The predicted molar refractivity (Wildman–Crippen MR) is 58.0 cm³/mol. The zero-order chi connectivity index (χ0) is 13.5. The summed E-state index contributed by atoms with van der Waals surface area (Å²) in [6.07, 6.45) is -4.56. The van der Waals surface area contributed by atoms with Crippen molar-refractivity contribution < 1.29 is 13.2 Å². The minimum absolute atomic E-state index is 0.142. The first-order valence-corrected chi connectivity index (χ1v) is 5.03. The van der Waals surface area contributed by atoms with Crippen LogP contribution in [-0.2, 0) is 6.18 Å². The Morgan fingerprint density at radius 1 is 1.11 bits per heavy atom. The van der Waals surface area contributed by atoms with Crippen LogP contribution < -0.4 is 5.73 Å². The fourth-order valence-electron chi connectivity index (χ4n) is 1.56. The molecule has 0 aliphatic heterocycles. The van der Waals surface area contributed by atoms with Crippen molar-refractivity contribution in [2.45, 2.75) is 20.0 Å². The number of hydrogen-bond donors (Lipinski definition) is 1. The summed E-state index contributed by atoms with van der Waals surface area (Å²) in [4.78, 5) is 7.85. The SMILES string of the molecule is Cc1cc(C)nc(-n2nc(N)cc2C(F)(F)F)n1. The van der Waals surface area contributed by atoms with Gasteiger partial charge >= 0.3 is 6.18 Å². The molecule has 0 aliphatic carbocycles. The lowest BCUT2D eigenvalue weighted by Crippen LogP contribution is -2.16. The molecular formula is C10H10F3N5. The average Bonchev–Trinajstić information content (AvgIpc) is 2.58. The Labute approximate surface area is 100 Å². The van der Waals surface area contributed by atoms with Crippen LogP contribution in [0.15, 0.2) is 12.1 Å². The number of aryl methyl sites for hydroxylation is 2. The van der Waals surface area contributed by atoms with Crippen LogP contribution in [-0.4, -0.2) is 19.7 Å². The molecule has 0 amide bonds. The third-order valence-corrected chi connectivity index (χ3v) is 2.18. The standard InChI is InChI=1S/C10H10F3N5/c1-5-3-6(2)16-9(15-5)18-7(10(11,12)13)4-8(14)17-18/h3-4H,1-2H3,(H2,14,17). The molecule has 0 aliphatic rings. The van der Waals surface area contributed by atoms with E-state index in [9.17, 15) is 13.2 Å². The monoisotopic (exact) mass is 257 g/mol. The van der Waals surface area contributed by atoms with Crippen LogP contribution >= 0.6 is 0 Å². The number of nitrogens with zero attached hydrogens (tertiary/aromatic N) is 4. The van der Waals surface area contributed by atoms with Gasteiger partial charge in [-0.15, -0.1) is 5.10 Å². The van der Waals surface area contributed by atoms with E-state index >= 15 is 0 Å². The summed E-state index contributed by atoms with van der Waals surface area (Å²) in [7, 11) is 0. The van der Waals surface area contributed by atoms with Gasteiger partial charge < -0.3 is 5.73 Å². The maximum absolute atomic E-state index is 12.8. The number of aromatic nitrogens is 4. The summed E-state index contributed by atoms with van der Waals surface area (Å²) in [5.41, 5.74) is 5.42. The smallest absolute Gasteiger partial charge is 0.382 e. The van der Waals surface area contributed by atoms with Gasteiger partial charge in [0.1, 0.15) is 5.82 Å². The quantitative estimate of drug-likeness (QED) is 0.846. The first-order valence-electron chi connectivity index (χ1n) is 5.03. The third kappa shape index (κ3) is 2.27. The van der Waals surface area contributed by atoms with E-state index in [-0.39, 0.29) is 11.8 Å². The zero-order valence-electron chi connectivity index (χ0n) is 9.65. The maximum Gasteiger partial charge on any atom is 0.433 e. The lowest BCUT2D eigenvalue weighted by molar-refractivity contribution is -0.142. The molecule has 2 heterocycles. The van der Waals surface area contributed by atoms with E-state index in [2.05, 4.69) is 15.1 Å². The van der Waals surface area contributed by atoms with Gasteiger partial charge in [-0.05, 0) is 19.9 Å². The molecule has 5 nitrogen and oxygen atoms in total. The van der Waals surface area contributed by atoms with Crippen molar-refractivity contribution in [2.75, 3.05) is 5.73 Å². The fraction of sp³-hybridized carbons (Fsp3) is 0.300. The average molecular weight is 257 g/mol. The maximum atomic E-state index is 12.8. The van der Waals surface area contributed by atoms with Crippen molar-refractivity contribution in [3.63, 3.8) is 0 Å². The summed E-state index contributed by atoms with van der Waals surface area (Å²) >= 11 is 0. The molecule has 2 N–H and O–H groups in total. The van der Waals surface area contributed by atoms with Crippen LogP contribution in [0.1, 0.15) is 17.1 Å². The van der Waals surface area contributed by atoms with Crippen molar-refractivity contribution >= 4 is 5.82 Å². The first-order chi connectivity index (χ1) is 8.27. The molecule has 18 heavy (non-hydrogen) atoms. The van der Waals surface area contributed by atoms with Crippen LogP contribution in [0.4, 0.5) is 19.0 Å². The number of anilines is 1. The number of alkyl halides is 3. The molecule has 2 aromatic rings. The van der Waals surface area contributed by atoms with E-state index in [0.717, 1.165) is 6.07 Å². The van der Waals surface area contributed by atoms with Crippen molar-refractivity contribution in [2.24, 2.45) is 0 Å². The lowest BCUT2D eigenvalue weighted by atomic mass is 10.3. The van der Waals surface area contributed by atoms with Gasteiger partial charge in [-0.3, -0.25) is 0 Å². The first kappa shape index (κ1) is 12.3. The second kappa shape index (κ2) is 3.97. The van der Waals surface area contributed by atoms with Gasteiger partial charge in [-0.2, -0.15) is 17.9 Å². The number of halogens is 3. The van der Waals surface area contributed by atoms with E-state index < -0.39 is 11.9 Å². The lowest BCUT2D eigenvalue weighted by Gasteiger charge is -2.09. The van der Waals surface area contributed by atoms with Gasteiger partial charge in [-0.25, -0.2) is 9.97 Å². The molecule has 0 unspecified atom stereocenters. The Kier molecular flexibility index (Phi) is 2.72. The molecule has 2 rings (SSSR count). The minimum Gasteiger partial charge on any atom is -0.382 e. The summed E-state index contributed by atoms with van der Waals surface area (Å²) in [6.45, 7) is 3.33. The van der Waals surface area contributed by atoms with E-state index in [1.807, 2.05) is 0 Å². The van der Waals surface area contributed by atoms with E-state index in [1.165, 1.54) is 0 Å².